The van der Waals surface area contributed by atoms with Gasteiger partial charge in [-0.25, -0.2) is 9.78 Å². The SMILES string of the molecule is C[n+]1[nH]oc(=O)c1-c1c(C#N)c(N)nc2sc(C(=O)Nc3cccc(Cl)c3)c(N)c12. The number of nitrogens with two attached hydrogens (primary N) is 2. The van der Waals surface area contributed by atoms with Crippen molar-refractivity contribution in [1.29, 1.82) is 5.26 Å². The molecule has 3 aromatic heterocycles. The predicted octanol–water partition coefficient (Wildman–Crippen LogP) is 2.01. The number of hydrogen-bond acceptors (Lipinski definition) is 8. The summed E-state index contributed by atoms with van der Waals surface area (Å²) in [5, 5.41) is 15.4. The molecule has 1 aromatic carbocycles. The van der Waals surface area contributed by atoms with Crippen LogP contribution >= 0.6 is 22.9 Å². The minimum Gasteiger partial charge on any atom is -0.397 e. The van der Waals surface area contributed by atoms with Crippen molar-refractivity contribution in [2.45, 2.75) is 0 Å². The Labute approximate surface area is 177 Å². The Kier molecular flexibility index (Phi) is 4.65. The lowest BCUT2D eigenvalue weighted by Crippen LogP contribution is -2.34. The molecule has 0 aliphatic carbocycles. The number of nitriles is 1. The number of thiophene rings is 1. The normalized spacial score (nSPS) is 10.8. The average molecular weight is 443 g/mol. The summed E-state index contributed by atoms with van der Waals surface area (Å²) >= 11 is 6.95. The molecular formula is C18H13ClN7O3S+. The van der Waals surface area contributed by atoms with Crippen LogP contribution < -0.4 is 27.1 Å². The van der Waals surface area contributed by atoms with Crippen LogP contribution in [0.15, 0.2) is 33.6 Å². The fourth-order valence-electron chi connectivity index (χ4n) is 3.05. The molecule has 0 bridgehead atoms. The van der Waals surface area contributed by atoms with E-state index in [1.807, 2.05) is 6.07 Å². The number of pyridine rings is 1. The molecule has 150 valence electrons. The number of aromatic amines is 1. The summed E-state index contributed by atoms with van der Waals surface area (Å²) < 4.78 is 6.10. The van der Waals surface area contributed by atoms with Crippen LogP contribution in [-0.2, 0) is 7.05 Å². The van der Waals surface area contributed by atoms with Crippen molar-refractivity contribution in [3.8, 4) is 17.3 Å². The quantitative estimate of drug-likeness (QED) is 0.352. The lowest BCUT2D eigenvalue weighted by atomic mass is 10.0. The van der Waals surface area contributed by atoms with Gasteiger partial charge in [0.25, 0.3) is 5.91 Å². The number of hydrogen-bond donors (Lipinski definition) is 4. The Bertz CT molecular complexity index is 1430. The summed E-state index contributed by atoms with van der Waals surface area (Å²) in [7, 11) is 1.53. The van der Waals surface area contributed by atoms with Gasteiger partial charge < -0.3 is 16.8 Å². The van der Waals surface area contributed by atoms with Crippen LogP contribution in [0.1, 0.15) is 15.2 Å². The van der Waals surface area contributed by atoms with E-state index >= 15 is 0 Å². The number of halogens is 1. The van der Waals surface area contributed by atoms with Crippen molar-refractivity contribution < 1.29 is 14.0 Å². The average Bonchev–Trinajstić information content (AvgIpc) is 3.20. The van der Waals surface area contributed by atoms with Gasteiger partial charge in [-0.2, -0.15) is 5.26 Å². The van der Waals surface area contributed by atoms with Gasteiger partial charge in [0, 0.05) is 10.7 Å². The number of anilines is 3. The Morgan fingerprint density at radius 2 is 2.20 bits per heavy atom. The molecule has 1 amide bonds. The van der Waals surface area contributed by atoms with Gasteiger partial charge in [-0.3, -0.25) is 9.32 Å². The molecular weight excluding hydrogens is 430 g/mol. The van der Waals surface area contributed by atoms with Crippen molar-refractivity contribution in [1.82, 2.24) is 10.3 Å². The van der Waals surface area contributed by atoms with Crippen molar-refractivity contribution in [2.24, 2.45) is 7.05 Å². The first kappa shape index (κ1) is 19.4. The summed E-state index contributed by atoms with van der Waals surface area (Å²) in [6, 6.07) is 8.58. The van der Waals surface area contributed by atoms with E-state index in [-0.39, 0.29) is 38.6 Å². The summed E-state index contributed by atoms with van der Waals surface area (Å²) in [4.78, 5) is 29.8. The highest BCUT2D eigenvalue weighted by molar-refractivity contribution is 7.21. The maximum Gasteiger partial charge on any atom is 0.435 e. The molecule has 0 unspecified atom stereocenters. The van der Waals surface area contributed by atoms with Crippen LogP contribution in [0, 0.1) is 11.3 Å². The van der Waals surface area contributed by atoms with Crippen LogP contribution in [0.4, 0.5) is 17.2 Å². The smallest absolute Gasteiger partial charge is 0.397 e. The zero-order valence-corrected chi connectivity index (χ0v) is 16.9. The first-order valence-corrected chi connectivity index (χ1v) is 9.57. The molecule has 0 saturated carbocycles. The summed E-state index contributed by atoms with van der Waals surface area (Å²) in [6.45, 7) is 0. The van der Waals surface area contributed by atoms with Crippen molar-refractivity contribution >= 4 is 56.3 Å². The molecule has 4 rings (SSSR count). The second kappa shape index (κ2) is 7.18. The largest absolute Gasteiger partial charge is 0.435 e. The third-order valence-electron chi connectivity index (χ3n) is 4.35. The van der Waals surface area contributed by atoms with Gasteiger partial charge in [-0.1, -0.05) is 22.3 Å². The topological polar surface area (TPSA) is 168 Å². The number of benzene rings is 1. The number of amides is 1. The van der Waals surface area contributed by atoms with E-state index in [0.717, 1.165) is 11.3 Å². The minimum atomic E-state index is -0.726. The van der Waals surface area contributed by atoms with Gasteiger partial charge in [0.1, 0.15) is 27.2 Å². The van der Waals surface area contributed by atoms with Crippen LogP contribution in [0.3, 0.4) is 0 Å². The van der Waals surface area contributed by atoms with E-state index in [1.165, 1.54) is 11.7 Å². The molecule has 10 nitrogen and oxygen atoms in total. The predicted molar refractivity (Wildman–Crippen MR) is 112 cm³/mol. The molecule has 12 heteroatoms. The molecule has 0 fully saturated rings. The number of nitrogen functional groups attached to an aromatic ring is 2. The van der Waals surface area contributed by atoms with Gasteiger partial charge in [-0.15, -0.1) is 11.3 Å². The Morgan fingerprint density at radius 1 is 1.43 bits per heavy atom. The third kappa shape index (κ3) is 3.04. The zero-order valence-electron chi connectivity index (χ0n) is 15.3. The van der Waals surface area contributed by atoms with Crippen molar-refractivity contribution in [2.75, 3.05) is 16.8 Å². The number of nitrogens with zero attached hydrogens (tertiary/aromatic N) is 3. The number of fused-ring (bicyclic) bond motifs is 1. The highest BCUT2D eigenvalue weighted by atomic mass is 35.5. The first-order chi connectivity index (χ1) is 14.3. The first-order valence-electron chi connectivity index (χ1n) is 8.38. The number of nitrogens with one attached hydrogen (secondary N) is 2. The summed E-state index contributed by atoms with van der Waals surface area (Å²) in [5.41, 5.74) is 12.2. The molecule has 4 aromatic rings. The minimum absolute atomic E-state index is 0.0250. The number of carbonyl (C=O) groups excluding carboxylic acids is 1. The van der Waals surface area contributed by atoms with Crippen LogP contribution in [0.5, 0.6) is 0 Å². The maximum atomic E-state index is 12.8. The van der Waals surface area contributed by atoms with Gasteiger partial charge in [-0.05, 0) is 23.5 Å². The highest BCUT2D eigenvalue weighted by Crippen LogP contribution is 2.41. The standard InChI is InChI=1S/C18H12ClN7O3S/c1-26-13(18(28)29-25-26)10-9(6-20)15(22)24-17-11(10)12(21)14(30-17)16(27)23-8-4-2-3-7(19)5-8/h2-5H,1H3,(H5-,21,22,23,24,25,27,28)/p+1. The molecule has 0 saturated heterocycles. The second-order valence-electron chi connectivity index (χ2n) is 6.24. The van der Waals surface area contributed by atoms with E-state index in [4.69, 9.17) is 27.6 Å². The summed E-state index contributed by atoms with van der Waals surface area (Å²) in [6.07, 6.45) is 0. The van der Waals surface area contributed by atoms with E-state index in [2.05, 4.69) is 15.6 Å². The highest BCUT2D eigenvalue weighted by Gasteiger charge is 2.32. The third-order valence-corrected chi connectivity index (χ3v) is 5.68. The van der Waals surface area contributed by atoms with Crippen LogP contribution in [-0.4, -0.2) is 16.2 Å². The monoisotopic (exact) mass is 442 g/mol. The van der Waals surface area contributed by atoms with E-state index in [9.17, 15) is 14.9 Å². The van der Waals surface area contributed by atoms with Crippen LogP contribution in [0.25, 0.3) is 21.5 Å². The zero-order chi connectivity index (χ0) is 21.6. The second-order valence-corrected chi connectivity index (χ2v) is 7.67. The number of aryl methyl sites for hydroxylation is 1. The van der Waals surface area contributed by atoms with E-state index in [1.54, 1.807) is 24.3 Å². The Morgan fingerprint density at radius 3 is 2.83 bits per heavy atom. The molecule has 0 atom stereocenters. The van der Waals surface area contributed by atoms with Gasteiger partial charge in [0.2, 0.25) is 0 Å². The van der Waals surface area contributed by atoms with Crippen molar-refractivity contribution in [3.63, 3.8) is 0 Å². The fourth-order valence-corrected chi connectivity index (χ4v) is 4.25. The molecule has 30 heavy (non-hydrogen) atoms. The molecule has 0 aliphatic rings. The van der Waals surface area contributed by atoms with E-state index in [0.29, 0.717) is 15.5 Å². The van der Waals surface area contributed by atoms with Gasteiger partial charge >= 0.3 is 11.3 Å². The van der Waals surface area contributed by atoms with E-state index < -0.39 is 11.5 Å². The maximum absolute atomic E-state index is 12.8. The summed E-state index contributed by atoms with van der Waals surface area (Å²) in [5.74, 6) is -0.588. The molecule has 0 radical (unpaired) electrons. The number of carbonyl (C=O) groups is 1. The number of aromatic nitrogens is 3. The molecule has 0 spiro atoms. The number of H-pyrrole nitrogens is 1. The Balaban J connectivity index is 1.95. The van der Waals surface area contributed by atoms with Crippen LogP contribution in [0.2, 0.25) is 5.02 Å². The Hall–Kier alpha value is -3.88. The molecule has 6 N–H and O–H groups in total. The van der Waals surface area contributed by atoms with Crippen molar-refractivity contribution in [3.05, 3.63) is 50.1 Å². The lowest BCUT2D eigenvalue weighted by molar-refractivity contribution is -0.730. The molecule has 0 aliphatic heterocycles. The van der Waals surface area contributed by atoms with Gasteiger partial charge in [0.15, 0.2) is 7.05 Å². The fraction of sp³-hybridized carbons (Fsp3) is 0.0556. The number of rotatable bonds is 3. The lowest BCUT2D eigenvalue weighted by Gasteiger charge is -2.05. The van der Waals surface area contributed by atoms with Gasteiger partial charge in [0.05, 0.1) is 16.6 Å². The molecule has 3 heterocycles.